The number of rotatable bonds is 5. The predicted molar refractivity (Wildman–Crippen MR) is 134 cm³/mol. The van der Waals surface area contributed by atoms with E-state index in [0.29, 0.717) is 18.7 Å². The molecule has 2 saturated heterocycles. The van der Waals surface area contributed by atoms with E-state index in [-0.39, 0.29) is 5.91 Å². The summed E-state index contributed by atoms with van der Waals surface area (Å²) < 4.78 is 5.84. The van der Waals surface area contributed by atoms with Gasteiger partial charge in [0.05, 0.1) is 0 Å². The normalized spacial score (nSPS) is 16.4. The molecule has 0 N–H and O–H groups in total. The summed E-state index contributed by atoms with van der Waals surface area (Å²) in [5, 5.41) is 0. The molecule has 3 heterocycles. The summed E-state index contributed by atoms with van der Waals surface area (Å²) in [6.07, 6.45) is 3.69. The number of carbonyl (C=O) groups is 1. The fraction of sp³-hybridized carbons (Fsp3) is 0.370. The van der Waals surface area contributed by atoms with Crippen LogP contribution < -0.4 is 14.5 Å². The summed E-state index contributed by atoms with van der Waals surface area (Å²) in [7, 11) is 0. The first-order chi connectivity index (χ1) is 16.7. The molecule has 7 heteroatoms. The average molecular weight is 458 g/mol. The molecule has 1 aromatic heterocycles. The second kappa shape index (κ2) is 10.1. The van der Waals surface area contributed by atoms with E-state index in [4.69, 9.17) is 9.72 Å². The first-order valence-electron chi connectivity index (χ1n) is 12.1. The molecular formula is C27H31N5O2. The second-order valence-electron chi connectivity index (χ2n) is 8.93. The Bertz CT molecular complexity index is 1110. The fourth-order valence-corrected chi connectivity index (χ4v) is 4.55. The van der Waals surface area contributed by atoms with Crippen LogP contribution in [0.3, 0.4) is 0 Å². The van der Waals surface area contributed by atoms with Crippen LogP contribution in [0.2, 0.25) is 0 Å². The van der Waals surface area contributed by atoms with Crippen LogP contribution in [0.5, 0.6) is 11.5 Å². The van der Waals surface area contributed by atoms with Gasteiger partial charge < -0.3 is 19.4 Å². The SMILES string of the molecule is Cc1cc(N2CCN(C(=O)c3ccc(Oc4ccccc4)cc3)CC2)nc(N2CCCCC2)n1. The van der Waals surface area contributed by atoms with Gasteiger partial charge >= 0.3 is 0 Å². The van der Waals surface area contributed by atoms with Gasteiger partial charge in [-0.15, -0.1) is 0 Å². The molecule has 0 aliphatic carbocycles. The first kappa shape index (κ1) is 22.2. The molecule has 0 saturated carbocycles. The lowest BCUT2D eigenvalue weighted by Gasteiger charge is -2.36. The highest BCUT2D eigenvalue weighted by Gasteiger charge is 2.24. The van der Waals surface area contributed by atoms with Gasteiger partial charge in [-0.1, -0.05) is 18.2 Å². The monoisotopic (exact) mass is 457 g/mol. The average Bonchev–Trinajstić information content (AvgIpc) is 2.90. The van der Waals surface area contributed by atoms with E-state index in [1.54, 1.807) is 0 Å². The van der Waals surface area contributed by atoms with E-state index in [1.165, 1.54) is 19.3 Å². The molecule has 176 valence electrons. The number of benzene rings is 2. The Labute approximate surface area is 201 Å². The molecule has 2 aromatic carbocycles. The van der Waals surface area contributed by atoms with Crippen LogP contribution in [0, 0.1) is 6.92 Å². The smallest absolute Gasteiger partial charge is 0.253 e. The third-order valence-electron chi connectivity index (χ3n) is 6.44. The van der Waals surface area contributed by atoms with Crippen LogP contribution in [0.1, 0.15) is 35.3 Å². The highest BCUT2D eigenvalue weighted by Crippen LogP contribution is 2.24. The van der Waals surface area contributed by atoms with Crippen molar-refractivity contribution >= 4 is 17.7 Å². The summed E-state index contributed by atoms with van der Waals surface area (Å²) in [4.78, 5) is 29.1. The first-order valence-corrected chi connectivity index (χ1v) is 12.1. The lowest BCUT2D eigenvalue weighted by Crippen LogP contribution is -2.49. The van der Waals surface area contributed by atoms with Crippen molar-refractivity contribution in [2.24, 2.45) is 0 Å². The van der Waals surface area contributed by atoms with Gasteiger partial charge in [-0.3, -0.25) is 4.79 Å². The minimum atomic E-state index is 0.0544. The minimum Gasteiger partial charge on any atom is -0.457 e. The molecule has 0 bridgehead atoms. The number of piperidine rings is 1. The lowest BCUT2D eigenvalue weighted by molar-refractivity contribution is 0.0746. The number of anilines is 2. The molecule has 0 radical (unpaired) electrons. The maximum Gasteiger partial charge on any atom is 0.253 e. The standard InChI is InChI=1S/C27H31N5O2/c1-21-20-25(29-27(28-21)32-14-6-3-7-15-32)30-16-18-31(19-17-30)26(33)22-10-12-24(13-11-22)34-23-8-4-2-5-9-23/h2,4-5,8-13,20H,3,6-7,14-19H2,1H3. The molecule has 7 nitrogen and oxygen atoms in total. The molecule has 34 heavy (non-hydrogen) atoms. The topological polar surface area (TPSA) is 61.8 Å². The van der Waals surface area contributed by atoms with Crippen LogP contribution in [0.15, 0.2) is 60.7 Å². The van der Waals surface area contributed by atoms with Gasteiger partial charge in [0.25, 0.3) is 5.91 Å². The lowest BCUT2D eigenvalue weighted by atomic mass is 10.1. The molecule has 2 fully saturated rings. The van der Waals surface area contributed by atoms with Gasteiger partial charge in [0, 0.05) is 56.6 Å². The van der Waals surface area contributed by atoms with Crippen molar-refractivity contribution in [2.45, 2.75) is 26.2 Å². The number of nitrogens with zero attached hydrogens (tertiary/aromatic N) is 5. The van der Waals surface area contributed by atoms with E-state index < -0.39 is 0 Å². The van der Waals surface area contributed by atoms with Gasteiger partial charge in [0.15, 0.2) is 0 Å². The highest BCUT2D eigenvalue weighted by atomic mass is 16.5. The number of ether oxygens (including phenoxy) is 1. The third kappa shape index (κ3) is 5.14. The van der Waals surface area contributed by atoms with E-state index >= 15 is 0 Å². The fourth-order valence-electron chi connectivity index (χ4n) is 4.55. The molecule has 1 amide bonds. The summed E-state index contributed by atoms with van der Waals surface area (Å²) in [5.41, 5.74) is 1.67. The van der Waals surface area contributed by atoms with Crippen molar-refractivity contribution in [2.75, 3.05) is 49.1 Å². The van der Waals surface area contributed by atoms with Crippen LogP contribution >= 0.6 is 0 Å². The number of hydrogen-bond donors (Lipinski definition) is 0. The van der Waals surface area contributed by atoms with Crippen molar-refractivity contribution in [1.29, 1.82) is 0 Å². The Morgan fingerprint density at radius 2 is 1.44 bits per heavy atom. The maximum absolute atomic E-state index is 13.1. The molecule has 5 rings (SSSR count). The van der Waals surface area contributed by atoms with Gasteiger partial charge in [-0.05, 0) is 62.6 Å². The second-order valence-corrected chi connectivity index (χ2v) is 8.93. The molecule has 0 unspecified atom stereocenters. The molecule has 2 aliphatic rings. The third-order valence-corrected chi connectivity index (χ3v) is 6.44. The molecule has 0 spiro atoms. The summed E-state index contributed by atoms with van der Waals surface area (Å²) in [5.74, 6) is 3.35. The van der Waals surface area contributed by atoms with Crippen molar-refractivity contribution in [3.05, 3.63) is 71.9 Å². The molecule has 2 aliphatic heterocycles. The van der Waals surface area contributed by atoms with E-state index in [1.807, 2.05) is 66.4 Å². The Morgan fingerprint density at radius 3 is 2.15 bits per heavy atom. The number of para-hydroxylation sites is 1. The maximum atomic E-state index is 13.1. The molecule has 0 atom stereocenters. The zero-order chi connectivity index (χ0) is 23.3. The number of aromatic nitrogens is 2. The molecule has 3 aromatic rings. The minimum absolute atomic E-state index is 0.0544. The number of amides is 1. The number of hydrogen-bond acceptors (Lipinski definition) is 6. The Hall–Kier alpha value is -3.61. The van der Waals surface area contributed by atoms with Crippen molar-refractivity contribution in [3.8, 4) is 11.5 Å². The Balaban J connectivity index is 1.20. The van der Waals surface area contributed by atoms with Crippen molar-refractivity contribution in [3.63, 3.8) is 0 Å². The van der Waals surface area contributed by atoms with E-state index in [0.717, 1.165) is 55.1 Å². The largest absolute Gasteiger partial charge is 0.457 e. The van der Waals surface area contributed by atoms with Gasteiger partial charge in [0.2, 0.25) is 5.95 Å². The zero-order valence-corrected chi connectivity index (χ0v) is 19.7. The molecular weight excluding hydrogens is 426 g/mol. The highest BCUT2D eigenvalue weighted by molar-refractivity contribution is 5.94. The van der Waals surface area contributed by atoms with Crippen molar-refractivity contribution < 1.29 is 9.53 Å². The number of carbonyl (C=O) groups excluding carboxylic acids is 1. The number of aryl methyl sites for hydroxylation is 1. The zero-order valence-electron chi connectivity index (χ0n) is 19.7. The van der Waals surface area contributed by atoms with Crippen LogP contribution in [-0.4, -0.2) is 60.0 Å². The Kier molecular flexibility index (Phi) is 6.60. The summed E-state index contributed by atoms with van der Waals surface area (Å²) >= 11 is 0. The van der Waals surface area contributed by atoms with Gasteiger partial charge in [-0.2, -0.15) is 4.98 Å². The summed E-state index contributed by atoms with van der Waals surface area (Å²) in [6.45, 7) is 6.95. The van der Waals surface area contributed by atoms with Crippen LogP contribution in [-0.2, 0) is 0 Å². The summed E-state index contributed by atoms with van der Waals surface area (Å²) in [6, 6.07) is 19.1. The van der Waals surface area contributed by atoms with E-state index in [2.05, 4.69) is 20.9 Å². The van der Waals surface area contributed by atoms with Gasteiger partial charge in [0.1, 0.15) is 17.3 Å². The predicted octanol–water partition coefficient (Wildman–Crippen LogP) is 4.53. The van der Waals surface area contributed by atoms with Gasteiger partial charge in [-0.25, -0.2) is 4.98 Å². The van der Waals surface area contributed by atoms with Crippen LogP contribution in [0.25, 0.3) is 0 Å². The van der Waals surface area contributed by atoms with E-state index in [9.17, 15) is 4.79 Å². The van der Waals surface area contributed by atoms with Crippen molar-refractivity contribution in [1.82, 2.24) is 14.9 Å². The van der Waals surface area contributed by atoms with Crippen LogP contribution in [0.4, 0.5) is 11.8 Å². The quantitative estimate of drug-likeness (QED) is 0.561. The Morgan fingerprint density at radius 1 is 0.765 bits per heavy atom. The number of piperazine rings is 1.